The van der Waals surface area contributed by atoms with E-state index in [1.807, 2.05) is 18.2 Å². The molecule has 0 radical (unpaired) electrons. The van der Waals surface area contributed by atoms with Crippen molar-refractivity contribution < 1.29 is 22.9 Å². The van der Waals surface area contributed by atoms with Crippen molar-refractivity contribution in [2.75, 3.05) is 24.0 Å². The molecular formula is C22H21N3O6S. The molecule has 10 heteroatoms. The highest BCUT2D eigenvalue weighted by Crippen LogP contribution is 2.26. The predicted molar refractivity (Wildman–Crippen MR) is 119 cm³/mol. The number of sulfonamides is 1. The maximum Gasteiger partial charge on any atom is 0.271 e. The molecule has 1 amide bonds. The zero-order valence-corrected chi connectivity index (χ0v) is 17.8. The molecule has 0 atom stereocenters. The second kappa shape index (κ2) is 10.4. The minimum atomic E-state index is -4.15. The van der Waals surface area contributed by atoms with Crippen LogP contribution in [0.25, 0.3) is 0 Å². The van der Waals surface area contributed by atoms with Crippen molar-refractivity contribution in [3.63, 3.8) is 0 Å². The van der Waals surface area contributed by atoms with E-state index in [-0.39, 0.29) is 29.4 Å². The summed E-state index contributed by atoms with van der Waals surface area (Å²) >= 11 is 0. The lowest BCUT2D eigenvalue weighted by Gasteiger charge is -2.24. The van der Waals surface area contributed by atoms with Crippen LogP contribution < -0.4 is 14.4 Å². The van der Waals surface area contributed by atoms with Gasteiger partial charge in [0.25, 0.3) is 15.7 Å². The Labute approximate surface area is 185 Å². The van der Waals surface area contributed by atoms with Gasteiger partial charge in [-0.2, -0.15) is 0 Å². The van der Waals surface area contributed by atoms with Crippen LogP contribution in [0.2, 0.25) is 0 Å². The fraction of sp³-hybridized carbons (Fsp3) is 0.136. The molecule has 3 aromatic carbocycles. The standard InChI is InChI=1S/C22H21N3O6S/c26-22(23-14-15-31-20-10-3-1-4-11-20)17-24(18-8-7-9-19(16-18)25(27)28)32(29,30)21-12-5-2-6-13-21/h1-13,16H,14-15,17H2,(H,23,26). The largest absolute Gasteiger partial charge is 0.492 e. The molecule has 0 saturated carbocycles. The second-order valence-corrected chi connectivity index (χ2v) is 8.48. The van der Waals surface area contributed by atoms with Crippen molar-refractivity contribution in [1.29, 1.82) is 0 Å². The quantitative estimate of drug-likeness (QED) is 0.285. The Balaban J connectivity index is 1.76. The monoisotopic (exact) mass is 455 g/mol. The lowest BCUT2D eigenvalue weighted by Crippen LogP contribution is -2.41. The molecule has 0 bridgehead atoms. The number of rotatable bonds is 10. The van der Waals surface area contributed by atoms with Gasteiger partial charge in [0.05, 0.1) is 22.1 Å². The molecule has 0 heterocycles. The van der Waals surface area contributed by atoms with Crippen molar-refractivity contribution in [3.8, 4) is 5.75 Å². The van der Waals surface area contributed by atoms with Gasteiger partial charge in [-0.3, -0.25) is 19.2 Å². The molecule has 32 heavy (non-hydrogen) atoms. The summed E-state index contributed by atoms with van der Waals surface area (Å²) in [4.78, 5) is 23.0. The molecule has 0 aliphatic heterocycles. The van der Waals surface area contributed by atoms with Crippen LogP contribution in [0.4, 0.5) is 11.4 Å². The molecule has 0 fully saturated rings. The number of hydrogen-bond donors (Lipinski definition) is 1. The van der Waals surface area contributed by atoms with E-state index >= 15 is 0 Å². The van der Waals surface area contributed by atoms with Crippen LogP contribution in [0.3, 0.4) is 0 Å². The fourth-order valence-electron chi connectivity index (χ4n) is 2.86. The van der Waals surface area contributed by atoms with E-state index < -0.39 is 27.4 Å². The first-order valence-corrected chi connectivity index (χ1v) is 11.1. The van der Waals surface area contributed by atoms with Crippen molar-refractivity contribution in [1.82, 2.24) is 5.32 Å². The number of anilines is 1. The number of nitro groups is 1. The summed E-state index contributed by atoms with van der Waals surface area (Å²) in [6.45, 7) is -0.205. The molecule has 3 aromatic rings. The second-order valence-electron chi connectivity index (χ2n) is 6.61. The first-order valence-electron chi connectivity index (χ1n) is 9.65. The summed E-state index contributed by atoms with van der Waals surface area (Å²) in [5.41, 5.74) is -0.272. The maximum absolute atomic E-state index is 13.2. The number of carbonyl (C=O) groups excluding carboxylic acids is 1. The summed E-state index contributed by atoms with van der Waals surface area (Å²) in [6.07, 6.45) is 0. The van der Waals surface area contributed by atoms with E-state index in [4.69, 9.17) is 4.74 Å². The van der Waals surface area contributed by atoms with E-state index in [0.717, 1.165) is 10.4 Å². The van der Waals surface area contributed by atoms with Gasteiger partial charge >= 0.3 is 0 Å². The topological polar surface area (TPSA) is 119 Å². The van der Waals surface area contributed by atoms with Gasteiger partial charge < -0.3 is 10.1 Å². The van der Waals surface area contributed by atoms with E-state index in [1.54, 1.807) is 30.3 Å². The number of non-ortho nitro benzene ring substituents is 1. The predicted octanol–water partition coefficient (Wildman–Crippen LogP) is 2.99. The van der Waals surface area contributed by atoms with Gasteiger partial charge in [-0.1, -0.05) is 42.5 Å². The number of nitrogens with one attached hydrogen (secondary N) is 1. The van der Waals surface area contributed by atoms with Crippen LogP contribution in [0.15, 0.2) is 89.8 Å². The Morgan fingerprint density at radius 1 is 0.969 bits per heavy atom. The number of hydrogen-bond acceptors (Lipinski definition) is 6. The fourth-order valence-corrected chi connectivity index (χ4v) is 4.29. The summed E-state index contributed by atoms with van der Waals surface area (Å²) < 4.78 is 32.8. The summed E-state index contributed by atoms with van der Waals surface area (Å²) in [5, 5.41) is 13.8. The number of amides is 1. The van der Waals surface area contributed by atoms with Crippen LogP contribution in [-0.4, -0.2) is 38.9 Å². The highest BCUT2D eigenvalue weighted by Gasteiger charge is 2.28. The minimum absolute atomic E-state index is 0.0127. The summed E-state index contributed by atoms with van der Waals surface area (Å²) in [7, 11) is -4.15. The van der Waals surface area contributed by atoms with Gasteiger partial charge in [0.1, 0.15) is 18.9 Å². The molecule has 0 aliphatic rings. The molecule has 9 nitrogen and oxygen atoms in total. The number of nitrogens with zero attached hydrogens (tertiary/aromatic N) is 2. The van der Waals surface area contributed by atoms with Crippen LogP contribution in [0, 0.1) is 10.1 Å². The first kappa shape index (κ1) is 22.8. The average molecular weight is 455 g/mol. The third-order valence-electron chi connectivity index (χ3n) is 4.38. The van der Waals surface area contributed by atoms with Gasteiger partial charge in [0, 0.05) is 12.1 Å². The van der Waals surface area contributed by atoms with Crippen molar-refractivity contribution in [3.05, 3.63) is 95.0 Å². The molecule has 1 N–H and O–H groups in total. The van der Waals surface area contributed by atoms with Gasteiger partial charge in [-0.15, -0.1) is 0 Å². The Hall–Kier alpha value is -3.92. The van der Waals surface area contributed by atoms with E-state index in [9.17, 15) is 23.3 Å². The third-order valence-corrected chi connectivity index (χ3v) is 6.17. The molecule has 0 aromatic heterocycles. The van der Waals surface area contributed by atoms with Gasteiger partial charge in [-0.05, 0) is 30.3 Å². The third kappa shape index (κ3) is 5.82. The minimum Gasteiger partial charge on any atom is -0.492 e. The Morgan fingerprint density at radius 3 is 2.28 bits per heavy atom. The van der Waals surface area contributed by atoms with E-state index in [0.29, 0.717) is 5.75 Å². The Morgan fingerprint density at radius 2 is 1.62 bits per heavy atom. The van der Waals surface area contributed by atoms with Crippen LogP contribution in [-0.2, 0) is 14.8 Å². The summed E-state index contributed by atoms with van der Waals surface area (Å²) in [5.74, 6) is 0.0688. The lowest BCUT2D eigenvalue weighted by molar-refractivity contribution is -0.384. The SMILES string of the molecule is O=C(CN(c1cccc([N+](=O)[O-])c1)S(=O)(=O)c1ccccc1)NCCOc1ccccc1. The molecular weight excluding hydrogens is 434 g/mol. The molecule has 0 spiro atoms. The molecule has 166 valence electrons. The number of benzene rings is 3. The van der Waals surface area contributed by atoms with E-state index in [1.165, 1.54) is 30.3 Å². The Kier molecular flexibility index (Phi) is 7.40. The first-order chi connectivity index (χ1) is 15.4. The van der Waals surface area contributed by atoms with Gasteiger partial charge in [0.2, 0.25) is 5.91 Å². The number of nitro benzene ring substituents is 1. The van der Waals surface area contributed by atoms with Crippen molar-refractivity contribution in [2.24, 2.45) is 0 Å². The molecule has 0 aliphatic carbocycles. The lowest BCUT2D eigenvalue weighted by atomic mass is 10.3. The van der Waals surface area contributed by atoms with Gasteiger partial charge in [-0.25, -0.2) is 8.42 Å². The van der Waals surface area contributed by atoms with Crippen LogP contribution >= 0.6 is 0 Å². The number of carbonyl (C=O) groups is 1. The van der Waals surface area contributed by atoms with Gasteiger partial charge in [0.15, 0.2) is 0 Å². The van der Waals surface area contributed by atoms with Crippen LogP contribution in [0.1, 0.15) is 0 Å². The summed E-state index contributed by atoms with van der Waals surface area (Å²) in [6, 6.07) is 21.7. The number of para-hydroxylation sites is 1. The number of ether oxygens (including phenoxy) is 1. The zero-order chi connectivity index (χ0) is 23.0. The van der Waals surface area contributed by atoms with Crippen molar-refractivity contribution >= 4 is 27.3 Å². The van der Waals surface area contributed by atoms with Crippen LogP contribution in [0.5, 0.6) is 5.75 Å². The smallest absolute Gasteiger partial charge is 0.271 e. The highest BCUT2D eigenvalue weighted by molar-refractivity contribution is 7.92. The zero-order valence-electron chi connectivity index (χ0n) is 17.0. The molecule has 0 unspecified atom stereocenters. The van der Waals surface area contributed by atoms with Crippen molar-refractivity contribution in [2.45, 2.75) is 4.90 Å². The Bertz CT molecular complexity index is 1170. The highest BCUT2D eigenvalue weighted by atomic mass is 32.2. The normalized spacial score (nSPS) is 10.9. The maximum atomic E-state index is 13.2. The molecule has 0 saturated heterocycles. The van der Waals surface area contributed by atoms with E-state index in [2.05, 4.69) is 5.32 Å². The molecule has 3 rings (SSSR count). The average Bonchev–Trinajstić information content (AvgIpc) is 2.81.